The van der Waals surface area contributed by atoms with Gasteiger partial charge in [-0.1, -0.05) is 0 Å². The number of nitrogens with one attached hydrogen (secondary N) is 2. The minimum absolute atomic E-state index is 0.0248. The van der Waals surface area contributed by atoms with Crippen LogP contribution in [0.4, 0.5) is 4.79 Å². The standard InChI is InChI=1S/C25H40N4O7S/c1-14-11-18(15(2)16(3)19(14)34-10)37(32,33)29-21(26)27-13-17-12-25(17,20(30)35-23(4,5)6)28-22(31)36-24(7,8)9/h11,17H,12-13H2,1-10H3,(H,28,31)(H3,26,27,29)/t17-,25-/m0/s1. The Morgan fingerprint density at radius 2 is 1.65 bits per heavy atom. The molecule has 37 heavy (non-hydrogen) atoms. The number of carbonyl (C=O) groups is 2. The molecule has 12 heteroatoms. The Labute approximate surface area is 219 Å². The molecule has 0 saturated heterocycles. The summed E-state index contributed by atoms with van der Waals surface area (Å²) in [6.07, 6.45) is -0.528. The fourth-order valence-electron chi connectivity index (χ4n) is 3.91. The zero-order valence-electron chi connectivity index (χ0n) is 23.4. The summed E-state index contributed by atoms with van der Waals surface area (Å²) in [4.78, 5) is 29.6. The lowest BCUT2D eigenvalue weighted by Gasteiger charge is -2.27. The summed E-state index contributed by atoms with van der Waals surface area (Å²) in [6.45, 7) is 15.5. The van der Waals surface area contributed by atoms with Crippen LogP contribution in [-0.4, -0.2) is 56.8 Å². The smallest absolute Gasteiger partial charge is 0.408 e. The number of alkyl carbamates (subject to hydrolysis) is 1. The Kier molecular flexibility index (Phi) is 8.48. The number of rotatable bonds is 7. The second kappa shape index (κ2) is 10.4. The molecular weight excluding hydrogens is 500 g/mol. The first kappa shape index (κ1) is 30.2. The van der Waals surface area contributed by atoms with Gasteiger partial charge in [0.2, 0.25) is 5.96 Å². The summed E-state index contributed by atoms with van der Waals surface area (Å²) in [5.41, 5.74) is 4.91. The van der Waals surface area contributed by atoms with E-state index in [0.29, 0.717) is 22.4 Å². The number of nitrogens with zero attached hydrogens (tertiary/aromatic N) is 1. The van der Waals surface area contributed by atoms with Crippen molar-refractivity contribution >= 4 is 28.0 Å². The van der Waals surface area contributed by atoms with Gasteiger partial charge in [-0.25, -0.2) is 22.7 Å². The van der Waals surface area contributed by atoms with Crippen LogP contribution in [0.15, 0.2) is 16.0 Å². The Hall–Kier alpha value is -3.02. The number of amides is 1. The number of esters is 1. The van der Waals surface area contributed by atoms with E-state index in [-0.39, 0.29) is 23.8 Å². The van der Waals surface area contributed by atoms with Crippen LogP contribution in [0.1, 0.15) is 64.7 Å². The van der Waals surface area contributed by atoms with E-state index in [1.807, 2.05) is 0 Å². The number of carbonyl (C=O) groups excluding carboxylic acids is 2. The highest BCUT2D eigenvalue weighted by atomic mass is 32.2. The largest absolute Gasteiger partial charge is 0.496 e. The summed E-state index contributed by atoms with van der Waals surface area (Å²) in [5.74, 6) is -0.814. The van der Waals surface area contributed by atoms with E-state index in [1.165, 1.54) is 13.2 Å². The number of sulfonamides is 1. The molecule has 208 valence electrons. The van der Waals surface area contributed by atoms with Gasteiger partial charge in [0.15, 0.2) is 0 Å². The van der Waals surface area contributed by atoms with Crippen LogP contribution in [0.3, 0.4) is 0 Å². The number of hydrogen-bond acceptors (Lipinski definition) is 8. The summed E-state index contributed by atoms with van der Waals surface area (Å²) >= 11 is 0. The average Bonchev–Trinajstić information content (AvgIpc) is 3.40. The molecule has 1 aliphatic rings. The van der Waals surface area contributed by atoms with Crippen molar-refractivity contribution in [3.63, 3.8) is 0 Å². The van der Waals surface area contributed by atoms with Crippen molar-refractivity contribution in [2.75, 3.05) is 13.7 Å². The molecule has 0 heterocycles. The van der Waals surface area contributed by atoms with Crippen LogP contribution < -0.4 is 20.5 Å². The fourth-order valence-corrected chi connectivity index (χ4v) is 5.25. The monoisotopic (exact) mass is 540 g/mol. The topological polar surface area (TPSA) is 158 Å². The second-order valence-electron chi connectivity index (χ2n) is 11.3. The van der Waals surface area contributed by atoms with Crippen LogP contribution in [0.25, 0.3) is 0 Å². The molecule has 1 amide bonds. The van der Waals surface area contributed by atoms with Gasteiger partial charge in [0.05, 0.1) is 12.0 Å². The molecule has 11 nitrogen and oxygen atoms in total. The van der Waals surface area contributed by atoms with Crippen molar-refractivity contribution in [3.05, 3.63) is 22.8 Å². The zero-order valence-corrected chi connectivity index (χ0v) is 24.2. The highest BCUT2D eigenvalue weighted by Crippen LogP contribution is 2.45. The summed E-state index contributed by atoms with van der Waals surface area (Å²) in [5, 5.41) is 2.63. The van der Waals surface area contributed by atoms with Gasteiger partial charge in [-0.05, 0) is 91.5 Å². The molecule has 1 aromatic rings. The summed E-state index contributed by atoms with van der Waals surface area (Å²) < 4.78 is 44.5. The van der Waals surface area contributed by atoms with Crippen LogP contribution >= 0.6 is 0 Å². The lowest BCUT2D eigenvalue weighted by atomic mass is 10.1. The highest BCUT2D eigenvalue weighted by Gasteiger charge is 2.63. The van der Waals surface area contributed by atoms with E-state index in [2.05, 4.69) is 15.0 Å². The summed E-state index contributed by atoms with van der Waals surface area (Å²) in [7, 11) is -2.51. The fraction of sp³-hybridized carbons (Fsp3) is 0.640. The second-order valence-corrected chi connectivity index (χ2v) is 13.0. The van der Waals surface area contributed by atoms with Gasteiger partial charge in [-0.15, -0.1) is 0 Å². The third-order valence-electron chi connectivity index (χ3n) is 5.79. The molecule has 0 unspecified atom stereocenters. The number of methoxy groups -OCH3 is 1. The SMILES string of the molecule is COc1c(C)cc(S(=O)(=O)NC(N)=NC[C@@H]2C[C@@]2(NC(=O)OC(C)(C)C)C(=O)OC(C)(C)C)c(C)c1C. The molecule has 0 radical (unpaired) electrons. The van der Waals surface area contributed by atoms with Crippen molar-refractivity contribution in [1.29, 1.82) is 0 Å². The third kappa shape index (κ3) is 7.50. The first-order valence-electron chi connectivity index (χ1n) is 11.9. The van der Waals surface area contributed by atoms with Crippen molar-refractivity contribution in [2.45, 2.75) is 90.4 Å². The first-order valence-corrected chi connectivity index (χ1v) is 13.4. The molecule has 1 aliphatic carbocycles. The van der Waals surface area contributed by atoms with Crippen LogP contribution in [0.5, 0.6) is 5.75 Å². The Balaban J connectivity index is 2.22. The van der Waals surface area contributed by atoms with E-state index in [1.54, 1.807) is 62.3 Å². The molecule has 2 atom stereocenters. The zero-order chi connectivity index (χ0) is 28.6. The minimum atomic E-state index is -4.04. The van der Waals surface area contributed by atoms with Gasteiger partial charge in [0.25, 0.3) is 10.0 Å². The van der Waals surface area contributed by atoms with E-state index in [0.717, 1.165) is 0 Å². The lowest BCUT2D eigenvalue weighted by Crippen LogP contribution is -2.49. The maximum atomic E-state index is 13.0. The molecule has 0 spiro atoms. The van der Waals surface area contributed by atoms with E-state index < -0.39 is 44.7 Å². The van der Waals surface area contributed by atoms with Crippen LogP contribution in [0.2, 0.25) is 0 Å². The molecule has 4 N–H and O–H groups in total. The van der Waals surface area contributed by atoms with Gasteiger partial charge >= 0.3 is 12.1 Å². The van der Waals surface area contributed by atoms with Crippen molar-refractivity contribution < 1.29 is 32.2 Å². The van der Waals surface area contributed by atoms with Crippen molar-refractivity contribution in [3.8, 4) is 5.75 Å². The third-order valence-corrected chi connectivity index (χ3v) is 7.27. The first-order chi connectivity index (χ1) is 16.7. The van der Waals surface area contributed by atoms with E-state index in [4.69, 9.17) is 19.9 Å². The molecule has 1 saturated carbocycles. The normalized spacial score (nSPS) is 20.2. The number of aryl methyl sites for hydroxylation is 1. The predicted octanol–water partition coefficient (Wildman–Crippen LogP) is 2.84. The maximum absolute atomic E-state index is 13.0. The Morgan fingerprint density at radius 1 is 1.08 bits per heavy atom. The number of ether oxygens (including phenoxy) is 3. The molecule has 0 bridgehead atoms. The maximum Gasteiger partial charge on any atom is 0.408 e. The van der Waals surface area contributed by atoms with E-state index in [9.17, 15) is 18.0 Å². The van der Waals surface area contributed by atoms with Gasteiger partial charge in [-0.3, -0.25) is 4.99 Å². The number of benzene rings is 1. The predicted molar refractivity (Wildman–Crippen MR) is 140 cm³/mol. The molecule has 0 aliphatic heterocycles. The molecule has 1 aromatic carbocycles. The van der Waals surface area contributed by atoms with Crippen LogP contribution in [0, 0.1) is 26.7 Å². The average molecular weight is 541 g/mol. The molecule has 2 rings (SSSR count). The molecule has 1 fully saturated rings. The van der Waals surface area contributed by atoms with E-state index >= 15 is 0 Å². The lowest BCUT2D eigenvalue weighted by molar-refractivity contribution is -0.159. The van der Waals surface area contributed by atoms with Gasteiger partial charge in [-0.2, -0.15) is 0 Å². The van der Waals surface area contributed by atoms with Crippen molar-refractivity contribution in [2.24, 2.45) is 16.6 Å². The number of aliphatic imine (C=N–C) groups is 1. The number of guanidine groups is 1. The van der Waals surface area contributed by atoms with Gasteiger partial charge < -0.3 is 25.3 Å². The van der Waals surface area contributed by atoms with Gasteiger partial charge in [0.1, 0.15) is 22.5 Å². The molecular formula is C25H40N4O7S. The van der Waals surface area contributed by atoms with Crippen molar-refractivity contribution in [1.82, 2.24) is 10.0 Å². The Bertz CT molecular complexity index is 1200. The van der Waals surface area contributed by atoms with Crippen LogP contribution in [-0.2, 0) is 24.3 Å². The highest BCUT2D eigenvalue weighted by molar-refractivity contribution is 7.90. The number of hydrogen-bond donors (Lipinski definition) is 3. The molecule has 0 aromatic heterocycles. The summed E-state index contributed by atoms with van der Waals surface area (Å²) in [6, 6.07) is 1.51. The minimum Gasteiger partial charge on any atom is -0.496 e. The quantitative estimate of drug-likeness (QED) is 0.270. The Morgan fingerprint density at radius 3 is 2.16 bits per heavy atom. The van der Waals surface area contributed by atoms with Gasteiger partial charge in [0, 0.05) is 12.5 Å². The number of nitrogens with two attached hydrogens (primary N) is 1.